The summed E-state index contributed by atoms with van der Waals surface area (Å²) in [6.45, 7) is 4.04. The molecule has 0 bridgehead atoms. The fourth-order valence-corrected chi connectivity index (χ4v) is 6.10. The number of benzene rings is 2. The maximum atomic E-state index is 13.4. The van der Waals surface area contributed by atoms with Crippen LogP contribution in [0.5, 0.6) is 0 Å². The van der Waals surface area contributed by atoms with Crippen LogP contribution < -0.4 is 5.32 Å². The summed E-state index contributed by atoms with van der Waals surface area (Å²) in [6, 6.07) is 13.0. The first-order chi connectivity index (χ1) is 11.9. The van der Waals surface area contributed by atoms with Crippen molar-refractivity contribution in [3.05, 3.63) is 42.5 Å². The number of ether oxygens (including phenoxy) is 1. The van der Waals surface area contributed by atoms with Crippen molar-refractivity contribution in [3.8, 4) is 0 Å². The third kappa shape index (κ3) is 3.44. The minimum atomic E-state index is -3.67. The molecule has 1 aliphatic heterocycles. The van der Waals surface area contributed by atoms with Gasteiger partial charge >= 0.3 is 0 Å². The van der Waals surface area contributed by atoms with Gasteiger partial charge in [-0.15, -0.1) is 0 Å². The highest BCUT2D eigenvalue weighted by atomic mass is 127. The molecular weight excluding hydrogens is 451 g/mol. The molecule has 1 heterocycles. The second kappa shape index (κ2) is 7.48. The number of likely N-dealkylation sites (N-methyl/N-ethyl adjacent to an activating group) is 1. The third-order valence-corrected chi connectivity index (χ3v) is 9.30. The summed E-state index contributed by atoms with van der Waals surface area (Å²) >= 11 is 2.24. The molecule has 7 heteroatoms. The molecule has 3 rings (SSSR count). The van der Waals surface area contributed by atoms with Crippen LogP contribution in [0.25, 0.3) is 10.8 Å². The van der Waals surface area contributed by atoms with Crippen molar-refractivity contribution in [2.75, 3.05) is 26.7 Å². The summed E-state index contributed by atoms with van der Waals surface area (Å²) in [6.07, 6.45) is 0.460. The maximum Gasteiger partial charge on any atom is 0.244 e. The standard InChI is InChI=1S/C18H23IN2O3S/c1-3-18(19,17-13-20-11-12-24-17)21(2)25(22,23)16-10-6-8-14-7-4-5-9-15(14)16/h4-10,17,20H,3,11-13H2,1-2H3. The van der Waals surface area contributed by atoms with Crippen LogP contribution >= 0.6 is 22.6 Å². The van der Waals surface area contributed by atoms with Crippen LogP contribution in [-0.2, 0) is 14.8 Å². The molecule has 0 saturated carbocycles. The second-order valence-electron chi connectivity index (χ2n) is 6.19. The number of rotatable bonds is 5. The summed E-state index contributed by atoms with van der Waals surface area (Å²) < 4.78 is 33.6. The zero-order valence-electron chi connectivity index (χ0n) is 14.4. The molecule has 0 radical (unpaired) electrons. The molecule has 2 atom stereocenters. The highest BCUT2D eigenvalue weighted by Crippen LogP contribution is 2.38. The predicted molar refractivity (Wildman–Crippen MR) is 109 cm³/mol. The Morgan fingerprint density at radius 1 is 1.28 bits per heavy atom. The molecule has 25 heavy (non-hydrogen) atoms. The van der Waals surface area contributed by atoms with Crippen LogP contribution in [0.3, 0.4) is 0 Å². The molecule has 5 nitrogen and oxygen atoms in total. The molecule has 0 amide bonds. The fourth-order valence-electron chi connectivity index (χ4n) is 3.27. The highest BCUT2D eigenvalue weighted by Gasteiger charge is 2.46. The van der Waals surface area contributed by atoms with Gasteiger partial charge in [0, 0.05) is 25.5 Å². The lowest BCUT2D eigenvalue weighted by Crippen LogP contribution is -2.58. The Balaban J connectivity index is 2.05. The highest BCUT2D eigenvalue weighted by molar-refractivity contribution is 14.1. The molecule has 0 spiro atoms. The Kier molecular flexibility index (Phi) is 5.69. The number of hydrogen-bond acceptors (Lipinski definition) is 4. The van der Waals surface area contributed by atoms with E-state index in [2.05, 4.69) is 27.9 Å². The van der Waals surface area contributed by atoms with E-state index in [-0.39, 0.29) is 6.10 Å². The van der Waals surface area contributed by atoms with Gasteiger partial charge in [-0.2, -0.15) is 4.31 Å². The van der Waals surface area contributed by atoms with Crippen LogP contribution in [0.2, 0.25) is 0 Å². The number of halogens is 1. The van der Waals surface area contributed by atoms with E-state index in [0.717, 1.165) is 17.3 Å². The van der Waals surface area contributed by atoms with E-state index in [1.165, 1.54) is 4.31 Å². The zero-order chi connectivity index (χ0) is 18.1. The Morgan fingerprint density at radius 3 is 2.68 bits per heavy atom. The first kappa shape index (κ1) is 19.0. The molecule has 1 fully saturated rings. The van der Waals surface area contributed by atoms with Gasteiger partial charge in [0.1, 0.15) is 3.55 Å². The van der Waals surface area contributed by atoms with Gasteiger partial charge in [-0.25, -0.2) is 8.42 Å². The van der Waals surface area contributed by atoms with Crippen molar-refractivity contribution in [2.24, 2.45) is 0 Å². The average molecular weight is 474 g/mol. The van der Waals surface area contributed by atoms with Crippen LogP contribution in [0.1, 0.15) is 13.3 Å². The fraction of sp³-hybridized carbons (Fsp3) is 0.444. The van der Waals surface area contributed by atoms with E-state index in [0.29, 0.717) is 24.5 Å². The predicted octanol–water partition coefficient (Wildman–Crippen LogP) is 2.99. The molecule has 0 aliphatic carbocycles. The normalized spacial score (nSPS) is 21.4. The Labute approximate surface area is 162 Å². The van der Waals surface area contributed by atoms with Crippen molar-refractivity contribution in [1.29, 1.82) is 0 Å². The number of nitrogens with one attached hydrogen (secondary N) is 1. The quantitative estimate of drug-likeness (QED) is 0.412. The smallest absolute Gasteiger partial charge is 0.244 e. The van der Waals surface area contributed by atoms with E-state index in [9.17, 15) is 8.42 Å². The molecule has 2 aromatic carbocycles. The Morgan fingerprint density at radius 2 is 2.00 bits per heavy atom. The molecule has 1 N–H and O–H groups in total. The Bertz CT molecular complexity index is 847. The van der Waals surface area contributed by atoms with Gasteiger partial charge in [0.2, 0.25) is 10.0 Å². The SMILES string of the molecule is CCC(I)(C1CNCCO1)N(C)S(=O)(=O)c1cccc2ccccc12. The summed E-state index contributed by atoms with van der Waals surface area (Å²) in [7, 11) is -2.01. The molecule has 136 valence electrons. The number of fused-ring (bicyclic) bond motifs is 1. The lowest BCUT2D eigenvalue weighted by Gasteiger charge is -2.43. The average Bonchev–Trinajstić information content (AvgIpc) is 2.67. The summed E-state index contributed by atoms with van der Waals surface area (Å²) in [5.74, 6) is 0. The van der Waals surface area contributed by atoms with Crippen molar-refractivity contribution in [3.63, 3.8) is 0 Å². The first-order valence-electron chi connectivity index (χ1n) is 8.39. The van der Waals surface area contributed by atoms with E-state index in [1.807, 2.05) is 37.3 Å². The number of hydrogen-bond donors (Lipinski definition) is 1. The van der Waals surface area contributed by atoms with Crippen LogP contribution in [0.4, 0.5) is 0 Å². The second-order valence-corrected chi connectivity index (χ2v) is 9.99. The van der Waals surface area contributed by atoms with Crippen molar-refractivity contribution < 1.29 is 13.2 Å². The molecule has 0 aromatic heterocycles. The molecule has 1 aliphatic rings. The van der Waals surface area contributed by atoms with Crippen LogP contribution in [0.15, 0.2) is 47.4 Å². The minimum absolute atomic E-state index is 0.193. The molecule has 2 aromatic rings. The lowest BCUT2D eigenvalue weighted by atomic mass is 10.1. The number of nitrogens with zero attached hydrogens (tertiary/aromatic N) is 1. The van der Waals surface area contributed by atoms with Crippen LogP contribution in [0, 0.1) is 0 Å². The van der Waals surface area contributed by atoms with E-state index >= 15 is 0 Å². The van der Waals surface area contributed by atoms with Gasteiger partial charge < -0.3 is 10.1 Å². The van der Waals surface area contributed by atoms with Gasteiger partial charge in [0.05, 0.1) is 17.6 Å². The third-order valence-electron chi connectivity index (χ3n) is 4.83. The number of sulfonamides is 1. The minimum Gasteiger partial charge on any atom is -0.373 e. The van der Waals surface area contributed by atoms with Gasteiger partial charge in [-0.1, -0.05) is 65.9 Å². The van der Waals surface area contributed by atoms with Gasteiger partial charge in [-0.3, -0.25) is 0 Å². The van der Waals surface area contributed by atoms with E-state index < -0.39 is 13.6 Å². The van der Waals surface area contributed by atoms with E-state index in [4.69, 9.17) is 4.74 Å². The summed E-state index contributed by atoms with van der Waals surface area (Å²) in [5, 5.41) is 4.96. The monoisotopic (exact) mass is 474 g/mol. The molecule has 1 saturated heterocycles. The Hall–Kier alpha value is -0.740. The van der Waals surface area contributed by atoms with Crippen molar-refractivity contribution in [1.82, 2.24) is 9.62 Å². The number of alkyl halides is 1. The van der Waals surface area contributed by atoms with Gasteiger partial charge in [-0.05, 0) is 17.9 Å². The van der Waals surface area contributed by atoms with Crippen molar-refractivity contribution in [2.45, 2.75) is 27.9 Å². The summed E-state index contributed by atoms with van der Waals surface area (Å²) in [4.78, 5) is 0.339. The van der Waals surface area contributed by atoms with Gasteiger partial charge in [0.15, 0.2) is 0 Å². The zero-order valence-corrected chi connectivity index (χ0v) is 17.4. The van der Waals surface area contributed by atoms with Gasteiger partial charge in [0.25, 0.3) is 0 Å². The lowest BCUT2D eigenvalue weighted by molar-refractivity contribution is -0.0165. The van der Waals surface area contributed by atoms with E-state index in [1.54, 1.807) is 19.2 Å². The maximum absolute atomic E-state index is 13.4. The van der Waals surface area contributed by atoms with Crippen LogP contribution in [-0.4, -0.2) is 49.1 Å². The number of morpholine rings is 1. The molecular formula is C18H23IN2O3S. The summed E-state index contributed by atoms with van der Waals surface area (Å²) in [5.41, 5.74) is 0. The molecule has 2 unspecified atom stereocenters. The topological polar surface area (TPSA) is 58.6 Å². The van der Waals surface area contributed by atoms with Crippen molar-refractivity contribution >= 4 is 43.4 Å². The largest absolute Gasteiger partial charge is 0.373 e. The first-order valence-corrected chi connectivity index (χ1v) is 10.9.